The lowest BCUT2D eigenvalue weighted by Gasteiger charge is -2.63. The van der Waals surface area contributed by atoms with Crippen LogP contribution in [0.15, 0.2) is 41.2 Å². The van der Waals surface area contributed by atoms with Gasteiger partial charge in [0.25, 0.3) is 0 Å². The number of ether oxygens (including phenoxy) is 2. The van der Waals surface area contributed by atoms with E-state index in [0.29, 0.717) is 50.1 Å². The van der Waals surface area contributed by atoms with Crippen LogP contribution in [0.5, 0.6) is 11.5 Å². The number of unbranched alkanes of at least 4 members (excludes halogenated alkanes) is 1. The van der Waals surface area contributed by atoms with Gasteiger partial charge >= 0.3 is 0 Å². The molecule has 3 heterocycles. The Bertz CT molecular complexity index is 1370. The Morgan fingerprint density at radius 1 is 1.32 bits per heavy atom. The molecule has 38 heavy (non-hydrogen) atoms. The lowest BCUT2D eigenvalue weighted by molar-refractivity contribution is -0.177. The minimum atomic E-state index is -3.54. The third-order valence-electron chi connectivity index (χ3n) is 9.03. The van der Waals surface area contributed by atoms with E-state index in [4.69, 9.17) is 13.9 Å². The van der Waals surface area contributed by atoms with E-state index in [2.05, 4.69) is 5.32 Å². The van der Waals surface area contributed by atoms with Gasteiger partial charge in [0, 0.05) is 23.7 Å². The van der Waals surface area contributed by atoms with Crippen LogP contribution in [-0.4, -0.2) is 66.9 Å². The zero-order valence-corrected chi connectivity index (χ0v) is 22.5. The van der Waals surface area contributed by atoms with Crippen molar-refractivity contribution in [2.75, 3.05) is 19.4 Å². The topological polar surface area (TPSA) is 118 Å². The van der Waals surface area contributed by atoms with Crippen molar-refractivity contribution >= 4 is 22.0 Å². The minimum Gasteiger partial charge on any atom is -0.493 e. The number of carbonyl (C=O) groups excluding carboxylic acids is 1. The number of hydrogen-bond donors (Lipinski definition) is 2. The smallest absolute Gasteiger partial charge is 0.244 e. The molecule has 2 aromatic rings. The van der Waals surface area contributed by atoms with E-state index >= 15 is 0 Å². The Kier molecular flexibility index (Phi) is 6.12. The number of nitrogens with zero attached hydrogens (tertiary/aromatic N) is 1. The second-order valence-electron chi connectivity index (χ2n) is 10.9. The fourth-order valence-electron chi connectivity index (χ4n) is 7.35. The fourth-order valence-corrected chi connectivity index (χ4v) is 9.25. The quantitative estimate of drug-likeness (QED) is 0.493. The number of sulfonamides is 1. The summed E-state index contributed by atoms with van der Waals surface area (Å²) in [5.41, 5.74) is 0.492. The molecule has 4 aliphatic rings. The number of nitrogens with one attached hydrogen (secondary N) is 1. The Labute approximate surface area is 222 Å². The van der Waals surface area contributed by atoms with E-state index in [0.717, 1.165) is 23.1 Å². The third-order valence-corrected chi connectivity index (χ3v) is 11.0. The van der Waals surface area contributed by atoms with E-state index in [1.165, 1.54) is 6.08 Å². The van der Waals surface area contributed by atoms with Gasteiger partial charge in [0.1, 0.15) is 6.10 Å². The highest BCUT2D eigenvalue weighted by molar-refractivity contribution is 7.89. The minimum absolute atomic E-state index is 0.0748. The summed E-state index contributed by atoms with van der Waals surface area (Å²) in [4.78, 5) is 12.9. The lowest BCUT2D eigenvalue weighted by Crippen LogP contribution is -2.78. The molecule has 1 saturated carbocycles. The van der Waals surface area contributed by atoms with Gasteiger partial charge in [-0.1, -0.05) is 19.4 Å². The zero-order valence-electron chi connectivity index (χ0n) is 21.7. The fraction of sp³-hybridized carbons (Fsp3) is 0.536. The first kappa shape index (κ1) is 25.5. The SMILES string of the molecule is CCCCS(=O)(=O)N1CC[C@]23c4c5ccc(OC)c4O[C@H]2[C@H](NC(=O)/C=C/c2ccoc2)CC[C@@]3(O)[C@H]1C5. The molecule has 2 bridgehead atoms. The van der Waals surface area contributed by atoms with Gasteiger partial charge < -0.3 is 24.3 Å². The molecule has 1 amide bonds. The summed E-state index contributed by atoms with van der Waals surface area (Å²) in [6.45, 7) is 2.27. The summed E-state index contributed by atoms with van der Waals surface area (Å²) in [7, 11) is -1.96. The van der Waals surface area contributed by atoms with Crippen LogP contribution in [-0.2, 0) is 26.7 Å². The van der Waals surface area contributed by atoms with Crippen LogP contribution in [0.2, 0.25) is 0 Å². The van der Waals surface area contributed by atoms with Crippen LogP contribution < -0.4 is 14.8 Å². The molecule has 2 aliphatic heterocycles. The highest BCUT2D eigenvalue weighted by atomic mass is 32.2. The molecule has 0 unspecified atom stereocenters. The summed E-state index contributed by atoms with van der Waals surface area (Å²) < 4.78 is 45.7. The van der Waals surface area contributed by atoms with E-state index < -0.39 is 33.2 Å². The van der Waals surface area contributed by atoms with Crippen molar-refractivity contribution in [3.63, 3.8) is 0 Å². The average Bonchev–Trinajstić information content (AvgIpc) is 3.53. The summed E-state index contributed by atoms with van der Waals surface area (Å²) in [6, 6.07) is 4.62. The molecule has 2 N–H and O–H groups in total. The van der Waals surface area contributed by atoms with Gasteiger partial charge in [-0.3, -0.25) is 4.79 Å². The molecular formula is C28H34N2O7S. The summed E-state index contributed by atoms with van der Waals surface area (Å²) in [5, 5.41) is 15.7. The Hall–Kier alpha value is -2.82. The van der Waals surface area contributed by atoms with E-state index in [-0.39, 0.29) is 17.7 Å². The van der Waals surface area contributed by atoms with Gasteiger partial charge in [0.15, 0.2) is 11.5 Å². The van der Waals surface area contributed by atoms with Crippen molar-refractivity contribution in [2.45, 2.75) is 74.7 Å². The standard InChI is InChI=1S/C28H34N2O7S/c1-3-4-15-38(33,34)30-13-12-27-24-19-6-7-21(35-2)25(24)37-26(27)20(9-11-28(27,32)22(30)16-19)29-23(31)8-5-18-10-14-36-17-18/h5-8,10,14,17,20,22,26,32H,3-4,9,11-13,15-16H2,1-2H3,(H,29,31)/b8-5+/t20-,22-,26+,27+,28-/m1/s1. The van der Waals surface area contributed by atoms with Crippen molar-refractivity contribution in [3.05, 3.63) is 53.5 Å². The zero-order chi connectivity index (χ0) is 26.7. The third kappa shape index (κ3) is 3.56. The van der Waals surface area contributed by atoms with Gasteiger partial charge in [-0.15, -0.1) is 0 Å². The maximum atomic E-state index is 13.4. The second-order valence-corrected chi connectivity index (χ2v) is 12.9. The highest BCUT2D eigenvalue weighted by Crippen LogP contribution is 2.65. The molecule has 9 nitrogen and oxygen atoms in total. The first-order valence-corrected chi connectivity index (χ1v) is 15.0. The van der Waals surface area contributed by atoms with Crippen LogP contribution in [0.1, 0.15) is 55.7 Å². The first-order chi connectivity index (χ1) is 18.2. The van der Waals surface area contributed by atoms with Gasteiger partial charge in [-0.2, -0.15) is 4.31 Å². The number of aliphatic hydroxyl groups is 1. The number of benzene rings is 1. The molecule has 2 fully saturated rings. The molecular weight excluding hydrogens is 508 g/mol. The van der Waals surface area contributed by atoms with Crippen LogP contribution in [0, 0.1) is 0 Å². The van der Waals surface area contributed by atoms with E-state index in [1.54, 1.807) is 36.1 Å². The molecule has 1 spiro atoms. The van der Waals surface area contributed by atoms with E-state index in [9.17, 15) is 18.3 Å². The molecule has 6 rings (SSSR count). The Morgan fingerprint density at radius 3 is 2.89 bits per heavy atom. The number of rotatable bonds is 8. The van der Waals surface area contributed by atoms with Crippen molar-refractivity contribution in [1.29, 1.82) is 0 Å². The summed E-state index contributed by atoms with van der Waals surface area (Å²) >= 11 is 0. The number of hydrogen-bond acceptors (Lipinski definition) is 7. The molecule has 1 aromatic heterocycles. The predicted molar refractivity (Wildman–Crippen MR) is 140 cm³/mol. The number of carbonyl (C=O) groups is 1. The Morgan fingerprint density at radius 2 is 2.16 bits per heavy atom. The Balaban J connectivity index is 1.39. The number of methoxy groups -OCH3 is 1. The monoisotopic (exact) mass is 542 g/mol. The number of furan rings is 1. The second kappa shape index (κ2) is 9.14. The van der Waals surface area contributed by atoms with Crippen molar-refractivity contribution in [1.82, 2.24) is 9.62 Å². The van der Waals surface area contributed by atoms with Crippen LogP contribution in [0.3, 0.4) is 0 Å². The molecule has 1 aromatic carbocycles. The highest BCUT2D eigenvalue weighted by Gasteiger charge is 2.74. The van der Waals surface area contributed by atoms with Crippen LogP contribution >= 0.6 is 0 Å². The summed E-state index contributed by atoms with van der Waals surface area (Å²) in [5.74, 6) is 0.989. The normalized spacial score (nSPS) is 31.6. The summed E-state index contributed by atoms with van der Waals surface area (Å²) in [6.07, 6.45) is 8.67. The molecule has 10 heteroatoms. The van der Waals surface area contributed by atoms with Crippen molar-refractivity contribution in [2.24, 2.45) is 0 Å². The largest absolute Gasteiger partial charge is 0.493 e. The lowest BCUT2D eigenvalue weighted by atomic mass is 9.48. The van der Waals surface area contributed by atoms with Crippen molar-refractivity contribution in [3.8, 4) is 11.5 Å². The molecule has 204 valence electrons. The van der Waals surface area contributed by atoms with Gasteiger partial charge in [0.2, 0.25) is 15.9 Å². The van der Waals surface area contributed by atoms with E-state index in [1.807, 2.05) is 19.1 Å². The average molecular weight is 543 g/mol. The maximum Gasteiger partial charge on any atom is 0.244 e. The predicted octanol–water partition coefficient (Wildman–Crippen LogP) is 2.77. The van der Waals surface area contributed by atoms with Crippen LogP contribution in [0.4, 0.5) is 0 Å². The number of piperidine rings is 1. The molecule has 0 radical (unpaired) electrons. The molecule has 5 atom stereocenters. The van der Waals surface area contributed by atoms with Crippen LogP contribution in [0.25, 0.3) is 6.08 Å². The van der Waals surface area contributed by atoms with Gasteiger partial charge in [0.05, 0.1) is 48.5 Å². The maximum absolute atomic E-state index is 13.4. The van der Waals surface area contributed by atoms with Gasteiger partial charge in [-0.25, -0.2) is 8.42 Å². The molecule has 1 saturated heterocycles. The van der Waals surface area contributed by atoms with Crippen molar-refractivity contribution < 1.29 is 32.2 Å². The van der Waals surface area contributed by atoms with Gasteiger partial charge in [-0.05, 0) is 55.9 Å². The first-order valence-electron chi connectivity index (χ1n) is 13.3. The number of amides is 1. The molecule has 2 aliphatic carbocycles.